The van der Waals surface area contributed by atoms with Crippen molar-refractivity contribution in [2.24, 2.45) is 0 Å². The maximum absolute atomic E-state index is 12.5. The van der Waals surface area contributed by atoms with Crippen molar-refractivity contribution in [2.45, 2.75) is 38.0 Å². The molecule has 4 rings (SSSR count). The number of carbonyl (C=O) groups is 1. The summed E-state index contributed by atoms with van der Waals surface area (Å²) in [5, 5.41) is 8.15. The van der Waals surface area contributed by atoms with E-state index in [-0.39, 0.29) is 18.1 Å². The van der Waals surface area contributed by atoms with Crippen molar-refractivity contribution >= 4 is 5.91 Å². The number of hydrogen-bond donors (Lipinski definition) is 0. The molecule has 0 saturated carbocycles. The highest BCUT2D eigenvalue weighted by molar-refractivity contribution is 5.76. The average Bonchev–Trinajstić information content (AvgIpc) is 3.09. The Morgan fingerprint density at radius 1 is 1.30 bits per heavy atom. The minimum atomic E-state index is 0.0932. The number of carbonyl (C=O) groups excluding carboxylic acids is 1. The largest absolute Gasteiger partial charge is 0.370 e. The van der Waals surface area contributed by atoms with Gasteiger partial charge in [0.25, 0.3) is 0 Å². The van der Waals surface area contributed by atoms with E-state index in [0.29, 0.717) is 19.6 Å². The molecule has 120 valence electrons. The minimum absolute atomic E-state index is 0.0932. The number of aromatic nitrogens is 3. The van der Waals surface area contributed by atoms with Crippen LogP contribution in [0.25, 0.3) is 0 Å². The summed E-state index contributed by atoms with van der Waals surface area (Å²) < 4.78 is 7.82. The summed E-state index contributed by atoms with van der Waals surface area (Å²) in [6, 6.07) is 10.2. The van der Waals surface area contributed by atoms with Crippen LogP contribution >= 0.6 is 0 Å². The molecule has 0 radical (unpaired) electrons. The fourth-order valence-electron chi connectivity index (χ4n) is 3.46. The fraction of sp³-hybridized carbons (Fsp3) is 0.471. The molecule has 0 bridgehead atoms. The van der Waals surface area contributed by atoms with E-state index in [0.717, 1.165) is 25.1 Å². The van der Waals surface area contributed by atoms with E-state index in [1.165, 1.54) is 5.56 Å². The van der Waals surface area contributed by atoms with Crippen LogP contribution in [0.3, 0.4) is 0 Å². The van der Waals surface area contributed by atoms with Crippen LogP contribution in [0.15, 0.2) is 36.5 Å². The molecule has 0 N–H and O–H groups in total. The highest BCUT2D eigenvalue weighted by atomic mass is 16.5. The summed E-state index contributed by atoms with van der Waals surface area (Å²) in [6.45, 7) is 1.99. The van der Waals surface area contributed by atoms with E-state index in [1.54, 1.807) is 6.20 Å². The van der Waals surface area contributed by atoms with Crippen molar-refractivity contribution < 1.29 is 9.53 Å². The molecule has 23 heavy (non-hydrogen) atoms. The second-order valence-corrected chi connectivity index (χ2v) is 6.20. The molecule has 1 aromatic heterocycles. The summed E-state index contributed by atoms with van der Waals surface area (Å²) in [4.78, 5) is 14.5. The van der Waals surface area contributed by atoms with Crippen molar-refractivity contribution in [3.63, 3.8) is 0 Å². The number of likely N-dealkylation sites (tertiary alicyclic amines) is 1. The SMILES string of the molecule is O=C(CCc1ccccc1)N1CCC2OCc3cnnn3C2C1. The molecule has 2 unspecified atom stereocenters. The van der Waals surface area contributed by atoms with Crippen LogP contribution in [0, 0.1) is 0 Å². The smallest absolute Gasteiger partial charge is 0.222 e. The Kier molecular flexibility index (Phi) is 3.83. The first-order valence-electron chi connectivity index (χ1n) is 8.13. The summed E-state index contributed by atoms with van der Waals surface area (Å²) in [5.74, 6) is 0.208. The lowest BCUT2D eigenvalue weighted by molar-refractivity contribution is -0.138. The topological polar surface area (TPSA) is 60.3 Å². The van der Waals surface area contributed by atoms with Gasteiger partial charge in [-0.3, -0.25) is 4.79 Å². The Hall–Kier alpha value is -2.21. The van der Waals surface area contributed by atoms with Crippen LogP contribution < -0.4 is 0 Å². The average molecular weight is 312 g/mol. The van der Waals surface area contributed by atoms with E-state index in [2.05, 4.69) is 22.4 Å². The van der Waals surface area contributed by atoms with Gasteiger partial charge in [0.05, 0.1) is 30.6 Å². The molecule has 3 heterocycles. The van der Waals surface area contributed by atoms with Gasteiger partial charge in [-0.2, -0.15) is 0 Å². The lowest BCUT2D eigenvalue weighted by Gasteiger charge is -2.41. The molecule has 2 atom stereocenters. The number of aryl methyl sites for hydroxylation is 1. The number of nitrogens with zero attached hydrogens (tertiary/aromatic N) is 4. The predicted molar refractivity (Wildman–Crippen MR) is 83.6 cm³/mol. The second-order valence-electron chi connectivity index (χ2n) is 6.20. The van der Waals surface area contributed by atoms with Crippen LogP contribution in [0.4, 0.5) is 0 Å². The van der Waals surface area contributed by atoms with Gasteiger partial charge in [0.1, 0.15) is 0 Å². The third-order valence-corrected chi connectivity index (χ3v) is 4.75. The molecule has 1 fully saturated rings. The maximum Gasteiger partial charge on any atom is 0.222 e. The third kappa shape index (κ3) is 2.86. The Bertz CT molecular complexity index is 685. The molecule has 0 aliphatic carbocycles. The van der Waals surface area contributed by atoms with Crippen molar-refractivity contribution in [2.75, 3.05) is 13.1 Å². The lowest BCUT2D eigenvalue weighted by atomic mass is 9.99. The van der Waals surface area contributed by atoms with E-state index < -0.39 is 0 Å². The molecular formula is C17H20N4O2. The van der Waals surface area contributed by atoms with Gasteiger partial charge in [0.2, 0.25) is 5.91 Å². The van der Waals surface area contributed by atoms with Gasteiger partial charge in [-0.05, 0) is 18.4 Å². The Labute approximate surface area is 135 Å². The molecule has 2 aliphatic rings. The normalized spacial score (nSPS) is 23.2. The Balaban J connectivity index is 1.40. The van der Waals surface area contributed by atoms with Gasteiger partial charge in [0, 0.05) is 19.5 Å². The highest BCUT2D eigenvalue weighted by Gasteiger charge is 2.37. The standard InChI is InChI=1S/C17H20N4O2/c22-17(7-6-13-4-2-1-3-5-13)20-9-8-16-15(11-20)21-14(12-23-16)10-18-19-21/h1-5,10,15-16H,6-9,11-12H2. The molecule has 2 aliphatic heterocycles. The molecule has 6 nitrogen and oxygen atoms in total. The number of ether oxygens (including phenoxy) is 1. The number of hydrogen-bond acceptors (Lipinski definition) is 4. The van der Waals surface area contributed by atoms with Crippen LogP contribution in [-0.2, 0) is 22.6 Å². The van der Waals surface area contributed by atoms with Crippen molar-refractivity contribution in [3.8, 4) is 0 Å². The van der Waals surface area contributed by atoms with Crippen LogP contribution in [0.1, 0.15) is 30.1 Å². The number of piperidine rings is 1. The Morgan fingerprint density at radius 3 is 3.04 bits per heavy atom. The zero-order valence-corrected chi connectivity index (χ0v) is 13.0. The van der Waals surface area contributed by atoms with Crippen molar-refractivity contribution in [3.05, 3.63) is 47.8 Å². The molecule has 1 aromatic carbocycles. The second kappa shape index (κ2) is 6.12. The van der Waals surface area contributed by atoms with Crippen molar-refractivity contribution in [1.29, 1.82) is 0 Å². The van der Waals surface area contributed by atoms with Crippen molar-refractivity contribution in [1.82, 2.24) is 19.9 Å². The Morgan fingerprint density at radius 2 is 2.17 bits per heavy atom. The lowest BCUT2D eigenvalue weighted by Crippen LogP contribution is -2.49. The summed E-state index contributed by atoms with van der Waals surface area (Å²) in [7, 11) is 0. The molecule has 1 amide bonds. The zero-order chi connectivity index (χ0) is 15.6. The number of fused-ring (bicyclic) bond motifs is 3. The molecule has 1 saturated heterocycles. The molecule has 6 heteroatoms. The van der Waals surface area contributed by atoms with Gasteiger partial charge < -0.3 is 9.64 Å². The molecule has 0 spiro atoms. The van der Waals surface area contributed by atoms with E-state index in [1.807, 2.05) is 27.8 Å². The van der Waals surface area contributed by atoms with E-state index in [4.69, 9.17) is 4.74 Å². The zero-order valence-electron chi connectivity index (χ0n) is 13.0. The van der Waals surface area contributed by atoms with Gasteiger partial charge in [-0.15, -0.1) is 5.10 Å². The van der Waals surface area contributed by atoms with Gasteiger partial charge >= 0.3 is 0 Å². The van der Waals surface area contributed by atoms with Crippen LogP contribution in [-0.4, -0.2) is 45.0 Å². The quantitative estimate of drug-likeness (QED) is 0.863. The van der Waals surface area contributed by atoms with E-state index >= 15 is 0 Å². The fourth-order valence-corrected chi connectivity index (χ4v) is 3.46. The summed E-state index contributed by atoms with van der Waals surface area (Å²) >= 11 is 0. The first-order valence-corrected chi connectivity index (χ1v) is 8.13. The number of amides is 1. The highest BCUT2D eigenvalue weighted by Crippen LogP contribution is 2.30. The minimum Gasteiger partial charge on any atom is -0.370 e. The molecular weight excluding hydrogens is 292 g/mol. The van der Waals surface area contributed by atoms with Crippen LogP contribution in [0.2, 0.25) is 0 Å². The first kappa shape index (κ1) is 14.4. The predicted octanol–water partition coefficient (Wildman–Crippen LogP) is 1.58. The summed E-state index contributed by atoms with van der Waals surface area (Å²) in [6.07, 6.45) is 4.08. The maximum atomic E-state index is 12.5. The van der Waals surface area contributed by atoms with Gasteiger partial charge in [0.15, 0.2) is 0 Å². The number of benzene rings is 1. The first-order chi connectivity index (χ1) is 11.3. The van der Waals surface area contributed by atoms with E-state index in [9.17, 15) is 4.79 Å². The summed E-state index contributed by atoms with van der Waals surface area (Å²) in [5.41, 5.74) is 2.19. The third-order valence-electron chi connectivity index (χ3n) is 4.75. The number of rotatable bonds is 3. The van der Waals surface area contributed by atoms with Gasteiger partial charge in [-0.1, -0.05) is 35.5 Å². The van der Waals surface area contributed by atoms with Crippen LogP contribution in [0.5, 0.6) is 0 Å². The monoisotopic (exact) mass is 312 g/mol. The van der Waals surface area contributed by atoms with Gasteiger partial charge in [-0.25, -0.2) is 4.68 Å². The molecule has 2 aromatic rings.